The highest BCUT2D eigenvalue weighted by Gasteiger charge is 1.95. The van der Waals surface area contributed by atoms with Gasteiger partial charge in [-0.2, -0.15) is 0 Å². The normalized spacial score (nSPS) is 8.84. The Morgan fingerprint density at radius 3 is 1.92 bits per heavy atom. The summed E-state index contributed by atoms with van der Waals surface area (Å²) in [5, 5.41) is 11.1. The van der Waals surface area contributed by atoms with Crippen LogP contribution in [-0.2, 0) is 6.42 Å². The van der Waals surface area contributed by atoms with Crippen LogP contribution < -0.4 is 5.32 Å². The van der Waals surface area contributed by atoms with Gasteiger partial charge in [-0.15, -0.1) is 0 Å². The molecule has 0 bridgehead atoms. The predicted octanol–water partition coefficient (Wildman–Crippen LogP) is 7.57. The molecular formula is C23H45NO. The molecule has 148 valence electrons. The van der Waals surface area contributed by atoms with Crippen molar-refractivity contribution in [1.82, 2.24) is 5.32 Å². The van der Waals surface area contributed by atoms with E-state index < -0.39 is 0 Å². The van der Waals surface area contributed by atoms with Gasteiger partial charge in [-0.3, -0.25) is 0 Å². The molecule has 0 aromatic heterocycles. The van der Waals surface area contributed by atoms with E-state index in [1.165, 1.54) is 49.7 Å². The van der Waals surface area contributed by atoms with Crippen molar-refractivity contribution >= 4 is 0 Å². The second-order valence-electron chi connectivity index (χ2n) is 6.19. The van der Waals surface area contributed by atoms with Crippen LogP contribution in [0.5, 0.6) is 0 Å². The topological polar surface area (TPSA) is 32.3 Å². The minimum Gasteiger partial charge on any atom is -0.495 e. The van der Waals surface area contributed by atoms with Crippen molar-refractivity contribution in [3.8, 4) is 0 Å². The van der Waals surface area contributed by atoms with Crippen LogP contribution >= 0.6 is 0 Å². The molecule has 0 saturated carbocycles. The molecule has 1 rings (SSSR count). The maximum absolute atomic E-state index is 8.42. The monoisotopic (exact) mass is 351 g/mol. The molecule has 25 heavy (non-hydrogen) atoms. The Labute approximate surface area is 158 Å². The van der Waals surface area contributed by atoms with Crippen molar-refractivity contribution in [3.05, 3.63) is 47.9 Å². The number of unbranched alkanes of at least 4 members (excludes halogenated alkanes) is 3. The van der Waals surface area contributed by atoms with Gasteiger partial charge in [0.1, 0.15) is 0 Å². The summed E-state index contributed by atoms with van der Waals surface area (Å²) in [6.07, 6.45) is 7.94. The zero-order valence-electron chi connectivity index (χ0n) is 18.3. The zero-order chi connectivity index (χ0) is 20.1. The largest absolute Gasteiger partial charge is 0.495 e. The average molecular weight is 352 g/mol. The Morgan fingerprint density at radius 1 is 1.04 bits per heavy atom. The van der Waals surface area contributed by atoms with Crippen LogP contribution in [0, 0.1) is 6.92 Å². The zero-order valence-corrected chi connectivity index (χ0v) is 18.3. The number of benzene rings is 1. The maximum atomic E-state index is 8.42. The summed E-state index contributed by atoms with van der Waals surface area (Å²) in [5.74, 6) is 0.0370. The molecule has 0 spiro atoms. The summed E-state index contributed by atoms with van der Waals surface area (Å²) in [7, 11) is 0. The first-order chi connectivity index (χ1) is 11.9. The Morgan fingerprint density at radius 2 is 1.56 bits per heavy atom. The van der Waals surface area contributed by atoms with E-state index in [0.29, 0.717) is 0 Å². The molecule has 0 heterocycles. The summed E-state index contributed by atoms with van der Waals surface area (Å²) >= 11 is 0. The highest BCUT2D eigenvalue weighted by atomic mass is 16.3. The summed E-state index contributed by atoms with van der Waals surface area (Å²) in [4.78, 5) is 0. The number of aliphatic hydroxyl groups is 1. The number of nitrogens with one attached hydrogen (secondary N) is 1. The second-order valence-corrected chi connectivity index (χ2v) is 6.19. The van der Waals surface area contributed by atoms with E-state index in [0.717, 1.165) is 0 Å². The molecule has 1 aromatic rings. The van der Waals surface area contributed by atoms with Crippen molar-refractivity contribution in [2.75, 3.05) is 0 Å². The Bertz CT molecular complexity index is 385. The summed E-state index contributed by atoms with van der Waals surface area (Å²) in [6, 6.07) is 8.99. The number of hydrogen-bond acceptors (Lipinski definition) is 2. The van der Waals surface area contributed by atoms with Crippen molar-refractivity contribution in [2.45, 2.75) is 100.0 Å². The van der Waals surface area contributed by atoms with Crippen LogP contribution in [0.15, 0.2) is 36.7 Å². The van der Waals surface area contributed by atoms with E-state index in [4.69, 9.17) is 5.11 Å². The minimum atomic E-state index is 0.0370. The van der Waals surface area contributed by atoms with Crippen molar-refractivity contribution in [1.29, 1.82) is 0 Å². The molecular weight excluding hydrogens is 306 g/mol. The smallest absolute Gasteiger partial charge is 0.176 e. The molecule has 2 nitrogen and oxygen atoms in total. The molecule has 0 unspecified atom stereocenters. The molecule has 0 aliphatic carbocycles. The van der Waals surface area contributed by atoms with Crippen molar-refractivity contribution < 1.29 is 5.11 Å². The predicted molar refractivity (Wildman–Crippen MR) is 116 cm³/mol. The van der Waals surface area contributed by atoms with Gasteiger partial charge in [0.25, 0.3) is 0 Å². The fourth-order valence-corrected chi connectivity index (χ4v) is 1.97. The van der Waals surface area contributed by atoms with E-state index in [-0.39, 0.29) is 11.9 Å². The average Bonchev–Trinajstić information content (AvgIpc) is 2.55. The van der Waals surface area contributed by atoms with Crippen LogP contribution in [0.2, 0.25) is 0 Å². The Kier molecular flexibility index (Phi) is 25.6. The maximum Gasteiger partial charge on any atom is 0.176 e. The first-order valence-corrected chi connectivity index (χ1v) is 10.1. The van der Waals surface area contributed by atoms with Gasteiger partial charge in [-0.25, -0.2) is 0 Å². The third kappa shape index (κ3) is 24.9. The first-order valence-electron chi connectivity index (χ1n) is 10.1. The molecule has 2 N–H and O–H groups in total. The van der Waals surface area contributed by atoms with Crippen LogP contribution in [0.1, 0.15) is 91.7 Å². The number of rotatable bonds is 7. The lowest BCUT2D eigenvalue weighted by Gasteiger charge is -2.04. The standard InChI is InChI=1S/C13H20.C5H11NO.C3H8.C2H6/c1-3-4-5-6-10-13-11-8-7-9-12(13)2;1-4(2)6-5(3)7;1-3-2;1-2/h7-9,11H,3-6,10H2,1-2H3;4,6-7H,3H2,1-2H3;3H2,1-2H3;1-2H3. The van der Waals surface area contributed by atoms with Gasteiger partial charge in [0.15, 0.2) is 5.88 Å². The lowest BCUT2D eigenvalue weighted by atomic mass is 10.0. The molecule has 0 aliphatic heterocycles. The molecule has 1 aromatic carbocycles. The fourth-order valence-electron chi connectivity index (χ4n) is 1.97. The summed E-state index contributed by atoms with van der Waals surface area (Å²) < 4.78 is 0. The third-order valence-electron chi connectivity index (χ3n) is 3.02. The minimum absolute atomic E-state index is 0.0370. The first kappa shape index (κ1) is 28.4. The van der Waals surface area contributed by atoms with Crippen molar-refractivity contribution in [2.24, 2.45) is 0 Å². The van der Waals surface area contributed by atoms with Crippen LogP contribution in [0.4, 0.5) is 0 Å². The molecule has 0 amide bonds. The van der Waals surface area contributed by atoms with Gasteiger partial charge in [0.2, 0.25) is 0 Å². The lowest BCUT2D eigenvalue weighted by Crippen LogP contribution is -2.20. The Hall–Kier alpha value is -1.44. The Balaban J connectivity index is -0.000000341. The number of aliphatic hydroxyl groups excluding tert-OH is 1. The van der Waals surface area contributed by atoms with E-state index in [1.807, 2.05) is 27.7 Å². The van der Waals surface area contributed by atoms with Crippen LogP contribution in [-0.4, -0.2) is 11.1 Å². The van der Waals surface area contributed by atoms with Gasteiger partial charge in [-0.1, -0.05) is 84.6 Å². The SMILES string of the molecule is C=C(O)NC(C)C.CC.CCC.CCCCCCc1ccccc1C. The van der Waals surface area contributed by atoms with Crippen LogP contribution in [0.3, 0.4) is 0 Å². The highest BCUT2D eigenvalue weighted by molar-refractivity contribution is 5.25. The highest BCUT2D eigenvalue weighted by Crippen LogP contribution is 2.11. The molecule has 0 fully saturated rings. The summed E-state index contributed by atoms with van der Waals surface area (Å²) in [5.41, 5.74) is 2.97. The van der Waals surface area contributed by atoms with E-state index >= 15 is 0 Å². The van der Waals surface area contributed by atoms with Gasteiger partial charge in [0, 0.05) is 6.04 Å². The second kappa shape index (κ2) is 22.6. The fraction of sp³-hybridized carbons (Fsp3) is 0.652. The van der Waals surface area contributed by atoms with E-state index in [1.54, 1.807) is 0 Å². The van der Waals surface area contributed by atoms with Gasteiger partial charge < -0.3 is 10.4 Å². The van der Waals surface area contributed by atoms with E-state index in [9.17, 15) is 0 Å². The van der Waals surface area contributed by atoms with Crippen molar-refractivity contribution in [3.63, 3.8) is 0 Å². The van der Waals surface area contributed by atoms with Gasteiger partial charge >= 0.3 is 0 Å². The lowest BCUT2D eigenvalue weighted by molar-refractivity contribution is 0.353. The molecule has 0 radical (unpaired) electrons. The summed E-state index contributed by atoms with van der Waals surface area (Å²) in [6.45, 7) is 19.8. The van der Waals surface area contributed by atoms with Gasteiger partial charge in [-0.05, 0) is 51.3 Å². The number of hydrogen-bond donors (Lipinski definition) is 2. The molecule has 0 saturated heterocycles. The van der Waals surface area contributed by atoms with E-state index in [2.05, 4.69) is 63.9 Å². The molecule has 2 heteroatoms. The van der Waals surface area contributed by atoms with Gasteiger partial charge in [0.05, 0.1) is 0 Å². The van der Waals surface area contributed by atoms with Crippen LogP contribution in [0.25, 0.3) is 0 Å². The quantitative estimate of drug-likeness (QED) is 0.392. The number of aryl methyl sites for hydroxylation is 2. The molecule has 0 atom stereocenters. The molecule has 0 aliphatic rings. The third-order valence-corrected chi connectivity index (χ3v) is 3.02.